The summed E-state index contributed by atoms with van der Waals surface area (Å²) in [5.74, 6) is 1.12. The number of carbonyl (C=O) groups excluding carboxylic acids is 1. The molecule has 0 aromatic rings. The smallest absolute Gasteiger partial charge is 0.379 e. The van der Waals surface area contributed by atoms with Gasteiger partial charge >= 0.3 is 6.80 Å². The van der Waals surface area contributed by atoms with Crippen LogP contribution in [0.1, 0.15) is 81.1 Å². The zero-order valence-electron chi connectivity index (χ0n) is 21.5. The molecule has 0 bridgehead atoms. The van der Waals surface area contributed by atoms with E-state index in [4.69, 9.17) is 13.8 Å². The van der Waals surface area contributed by atoms with Crippen LogP contribution in [0.3, 0.4) is 0 Å². The van der Waals surface area contributed by atoms with Crippen molar-refractivity contribution in [3.05, 3.63) is 0 Å². The fourth-order valence-electron chi connectivity index (χ4n) is 3.23. The van der Waals surface area contributed by atoms with Gasteiger partial charge in [-0.2, -0.15) is 0 Å². The van der Waals surface area contributed by atoms with Gasteiger partial charge in [-0.25, -0.2) is 4.57 Å². The highest BCUT2D eigenvalue weighted by Crippen LogP contribution is 2.65. The van der Waals surface area contributed by atoms with E-state index in [2.05, 4.69) is 11.8 Å². The normalized spacial score (nSPS) is 18.5. The van der Waals surface area contributed by atoms with E-state index in [1.54, 1.807) is 0 Å². The van der Waals surface area contributed by atoms with Gasteiger partial charge < -0.3 is 4.74 Å². The molecule has 9 heteroatoms. The van der Waals surface area contributed by atoms with Gasteiger partial charge in [0.15, 0.2) is 5.12 Å². The highest BCUT2D eigenvalue weighted by Gasteiger charge is 2.38. The van der Waals surface area contributed by atoms with Crippen molar-refractivity contribution in [2.24, 2.45) is 5.41 Å². The van der Waals surface area contributed by atoms with Gasteiger partial charge in [0.2, 0.25) is 0 Å². The Labute approximate surface area is 204 Å². The Morgan fingerprint density at radius 2 is 1.56 bits per heavy atom. The fraction of sp³-hybridized carbons (Fsp3) is 0.957. The van der Waals surface area contributed by atoms with Gasteiger partial charge in [-0.1, -0.05) is 45.9 Å². The lowest BCUT2D eigenvalue weighted by molar-refractivity contribution is -0.118. The highest BCUT2D eigenvalue weighted by atomic mass is 32.7. The topological polar surface area (TPSA) is 65.1 Å². The van der Waals surface area contributed by atoms with Gasteiger partial charge in [0.05, 0.1) is 24.4 Å². The Balaban J connectivity index is 2.58. The molecule has 0 spiro atoms. The molecule has 1 aliphatic rings. The summed E-state index contributed by atoms with van der Waals surface area (Å²) in [5.41, 5.74) is -1.45. The van der Waals surface area contributed by atoms with Crippen LogP contribution in [0, 0.1) is 5.41 Å². The molecule has 1 fully saturated rings. The van der Waals surface area contributed by atoms with Crippen molar-refractivity contribution in [3.8, 4) is 0 Å². The number of carbonyl (C=O) groups is 1. The van der Waals surface area contributed by atoms with Crippen LogP contribution in [0.4, 0.5) is 0 Å². The van der Waals surface area contributed by atoms with Crippen LogP contribution in [0.25, 0.3) is 0 Å². The third-order valence-electron chi connectivity index (χ3n) is 5.70. The standard InChI is InChI=1S/C23H46NO5PS2/c1-9-11-23(7,8)29-30(26,28-22(5,6)10-2)32-19-18-31-20(25)21(3,4)12-13-24-14-16-27-17-15-24/h9-19H2,1-8H3. The molecule has 0 radical (unpaired) electrons. The number of nitrogens with zero attached hydrogens (tertiary/aromatic N) is 1. The number of morpholine rings is 1. The summed E-state index contributed by atoms with van der Waals surface area (Å²) in [6, 6.07) is 0. The molecule has 6 nitrogen and oxygen atoms in total. The van der Waals surface area contributed by atoms with Crippen molar-refractivity contribution < 1.29 is 23.1 Å². The van der Waals surface area contributed by atoms with E-state index in [9.17, 15) is 9.36 Å². The van der Waals surface area contributed by atoms with Gasteiger partial charge in [-0.15, -0.1) is 0 Å². The van der Waals surface area contributed by atoms with Crippen molar-refractivity contribution in [2.45, 2.75) is 92.3 Å². The zero-order chi connectivity index (χ0) is 24.5. The minimum atomic E-state index is -3.37. The van der Waals surface area contributed by atoms with Crippen LogP contribution in [0.15, 0.2) is 0 Å². The van der Waals surface area contributed by atoms with Crippen molar-refractivity contribution >= 4 is 35.1 Å². The molecule has 0 aromatic heterocycles. The lowest BCUT2D eigenvalue weighted by Gasteiger charge is -2.34. The molecule has 1 aliphatic heterocycles. The Kier molecular flexibility index (Phi) is 12.9. The molecule has 1 unspecified atom stereocenters. The number of ether oxygens (including phenoxy) is 1. The van der Waals surface area contributed by atoms with Crippen molar-refractivity contribution in [1.82, 2.24) is 4.90 Å². The Morgan fingerprint density at radius 3 is 2.12 bits per heavy atom. The number of thioether (sulfide) groups is 1. The first-order chi connectivity index (χ1) is 14.7. The second kappa shape index (κ2) is 13.5. The van der Waals surface area contributed by atoms with Crippen LogP contribution >= 0.6 is 29.9 Å². The highest BCUT2D eigenvalue weighted by molar-refractivity contribution is 8.55. The molecule has 32 heavy (non-hydrogen) atoms. The predicted octanol–water partition coefficient (Wildman–Crippen LogP) is 6.64. The van der Waals surface area contributed by atoms with E-state index >= 15 is 0 Å². The quantitative estimate of drug-likeness (QED) is 0.179. The summed E-state index contributed by atoms with van der Waals surface area (Å²) in [4.78, 5) is 15.2. The molecule has 0 N–H and O–H groups in total. The molecule has 0 aromatic carbocycles. The van der Waals surface area contributed by atoms with Crippen molar-refractivity contribution in [2.75, 3.05) is 44.4 Å². The zero-order valence-corrected chi connectivity index (χ0v) is 24.1. The van der Waals surface area contributed by atoms with Gasteiger partial charge in [0.25, 0.3) is 0 Å². The van der Waals surface area contributed by atoms with Crippen LogP contribution in [-0.4, -0.2) is 65.6 Å². The summed E-state index contributed by atoms with van der Waals surface area (Å²) >= 11 is 2.55. The second-order valence-corrected chi connectivity index (χ2v) is 15.4. The Morgan fingerprint density at radius 1 is 0.969 bits per heavy atom. The number of hydrogen-bond donors (Lipinski definition) is 0. The first kappa shape index (κ1) is 30.5. The predicted molar refractivity (Wildman–Crippen MR) is 139 cm³/mol. The summed E-state index contributed by atoms with van der Waals surface area (Å²) in [7, 11) is 0. The SMILES string of the molecule is CCCC(C)(C)OP(=O)(OC(C)(C)CC)SCCSC(=O)C(C)(C)CCN1CCOCC1. The average molecular weight is 512 g/mol. The molecule has 1 saturated heterocycles. The maximum atomic E-state index is 13.6. The van der Waals surface area contributed by atoms with E-state index in [1.807, 2.05) is 48.5 Å². The largest absolute Gasteiger partial charge is 0.390 e. The van der Waals surface area contributed by atoms with E-state index in [0.29, 0.717) is 11.5 Å². The van der Waals surface area contributed by atoms with Crippen molar-refractivity contribution in [1.29, 1.82) is 0 Å². The fourth-order valence-corrected chi connectivity index (χ4v) is 9.21. The lowest BCUT2D eigenvalue weighted by Crippen LogP contribution is -2.39. The molecular formula is C23H46NO5PS2. The van der Waals surface area contributed by atoms with Gasteiger partial charge in [-0.05, 0) is 64.9 Å². The minimum Gasteiger partial charge on any atom is -0.379 e. The monoisotopic (exact) mass is 511 g/mol. The van der Waals surface area contributed by atoms with Crippen LogP contribution in [0.2, 0.25) is 0 Å². The maximum absolute atomic E-state index is 13.6. The second-order valence-electron chi connectivity index (χ2n) is 10.3. The van der Waals surface area contributed by atoms with Crippen LogP contribution in [-0.2, 0) is 23.1 Å². The molecule has 190 valence electrons. The van der Waals surface area contributed by atoms with Crippen LogP contribution < -0.4 is 0 Å². The maximum Gasteiger partial charge on any atom is 0.390 e. The number of hydrogen-bond acceptors (Lipinski definition) is 8. The first-order valence-corrected chi connectivity index (χ1v) is 16.0. The molecule has 0 saturated carbocycles. The lowest BCUT2D eigenvalue weighted by atomic mass is 9.91. The minimum absolute atomic E-state index is 0.184. The van der Waals surface area contributed by atoms with Gasteiger partial charge in [0, 0.05) is 30.0 Å². The third-order valence-corrected chi connectivity index (χ3v) is 11.3. The van der Waals surface area contributed by atoms with Gasteiger partial charge in [-0.3, -0.25) is 18.7 Å². The van der Waals surface area contributed by atoms with E-state index in [0.717, 1.165) is 58.5 Å². The summed E-state index contributed by atoms with van der Waals surface area (Å²) in [6.45, 7) is 16.9. The van der Waals surface area contributed by atoms with E-state index in [1.165, 1.54) is 23.1 Å². The summed E-state index contributed by atoms with van der Waals surface area (Å²) < 4.78 is 31.1. The molecule has 0 aliphatic carbocycles. The van der Waals surface area contributed by atoms with Crippen LogP contribution in [0.5, 0.6) is 0 Å². The summed E-state index contributed by atoms with van der Waals surface area (Å²) in [6.07, 6.45) is 3.31. The number of rotatable bonds is 15. The molecule has 1 rings (SSSR count). The van der Waals surface area contributed by atoms with E-state index in [-0.39, 0.29) is 5.12 Å². The summed E-state index contributed by atoms with van der Waals surface area (Å²) in [5, 5.41) is 0.184. The molecular weight excluding hydrogens is 465 g/mol. The third kappa shape index (κ3) is 11.7. The average Bonchev–Trinajstić information content (AvgIpc) is 2.69. The molecule has 0 amide bonds. The Hall–Kier alpha value is 0.440. The van der Waals surface area contributed by atoms with E-state index < -0.39 is 23.4 Å². The van der Waals surface area contributed by atoms with Crippen molar-refractivity contribution in [3.63, 3.8) is 0 Å². The Bertz CT molecular complexity index is 622. The first-order valence-electron chi connectivity index (χ1n) is 11.9. The van der Waals surface area contributed by atoms with Gasteiger partial charge in [0.1, 0.15) is 0 Å². The molecule has 1 heterocycles. The molecule has 1 atom stereocenters.